The average molecular weight is 307 g/mol. The molecular weight excluding hydrogens is 300 g/mol. The van der Waals surface area contributed by atoms with Crippen LogP contribution in [0.25, 0.3) is 0 Å². The Hall–Kier alpha value is -1.89. The molecule has 0 bridgehead atoms. The van der Waals surface area contributed by atoms with Gasteiger partial charge in [0.25, 0.3) is 5.78 Å². The zero-order valence-electron chi connectivity index (χ0n) is 9.79. The Kier molecular flexibility index (Phi) is 3.80. The van der Waals surface area contributed by atoms with Crippen molar-refractivity contribution >= 4 is 17.4 Å². The molecule has 0 aliphatic heterocycles. The van der Waals surface area contributed by atoms with Crippen LogP contribution in [-0.2, 0) is 6.54 Å². The van der Waals surface area contributed by atoms with Gasteiger partial charge in [0.2, 0.25) is 0 Å². The second-order valence-electron chi connectivity index (χ2n) is 3.97. The van der Waals surface area contributed by atoms with Gasteiger partial charge in [-0.05, 0) is 6.07 Å². The smallest absolute Gasteiger partial charge is 0.284 e. The zero-order chi connectivity index (χ0) is 14.9. The van der Waals surface area contributed by atoms with Gasteiger partial charge < -0.3 is 0 Å². The minimum Gasteiger partial charge on any atom is -0.284 e. The lowest BCUT2D eigenvalue weighted by Gasteiger charge is -2.04. The van der Waals surface area contributed by atoms with Gasteiger partial charge in [-0.2, -0.15) is 18.3 Å². The fraction of sp³-hybridized carbons (Fsp3) is 0.167. The van der Waals surface area contributed by atoms with Gasteiger partial charge in [-0.1, -0.05) is 23.7 Å². The molecule has 0 amide bonds. The molecule has 2 aromatic rings. The maximum atomic E-state index is 13.6. The Morgan fingerprint density at radius 2 is 2.05 bits per heavy atom. The van der Waals surface area contributed by atoms with E-state index in [9.17, 15) is 22.4 Å². The number of benzene rings is 1. The number of aromatic nitrogens is 2. The normalized spacial score (nSPS) is 11.7. The van der Waals surface area contributed by atoms with E-state index in [1.165, 1.54) is 18.2 Å². The van der Waals surface area contributed by atoms with Crippen LogP contribution in [0, 0.1) is 5.82 Å². The summed E-state index contributed by atoms with van der Waals surface area (Å²) in [5, 5.41) is 3.51. The first kappa shape index (κ1) is 14.5. The molecule has 0 saturated carbocycles. The molecule has 8 heteroatoms. The van der Waals surface area contributed by atoms with Gasteiger partial charge in [-0.15, -0.1) is 0 Å². The molecule has 3 nitrogen and oxygen atoms in total. The van der Waals surface area contributed by atoms with Gasteiger partial charge in [0.1, 0.15) is 5.82 Å². The molecule has 1 aromatic heterocycles. The van der Waals surface area contributed by atoms with E-state index in [4.69, 9.17) is 11.6 Å². The number of ketones is 1. The number of Topliss-reactive ketones (excluding diaryl/α,β-unsaturated/α-hetero) is 1. The minimum absolute atomic E-state index is 0.0961. The van der Waals surface area contributed by atoms with Crippen molar-refractivity contribution in [2.75, 3.05) is 0 Å². The summed E-state index contributed by atoms with van der Waals surface area (Å²) in [6.45, 7) is -0.127. The highest BCUT2D eigenvalue weighted by atomic mass is 35.5. The van der Waals surface area contributed by atoms with Crippen molar-refractivity contribution < 1.29 is 22.4 Å². The maximum absolute atomic E-state index is 13.6. The Bertz CT molecular complexity index is 651. The van der Waals surface area contributed by atoms with Crippen LogP contribution in [-0.4, -0.2) is 21.7 Å². The van der Waals surface area contributed by atoms with Crippen LogP contribution in [0.4, 0.5) is 17.6 Å². The first-order chi connectivity index (χ1) is 9.29. The van der Waals surface area contributed by atoms with E-state index in [2.05, 4.69) is 5.10 Å². The topological polar surface area (TPSA) is 34.9 Å². The SMILES string of the molecule is O=C(c1cnn(Cc2cccc(Cl)c2F)c1)C(F)(F)F. The summed E-state index contributed by atoms with van der Waals surface area (Å²) in [6, 6.07) is 4.28. The Labute approximate surface area is 115 Å². The molecule has 0 saturated heterocycles. The number of rotatable bonds is 3. The highest BCUT2D eigenvalue weighted by Crippen LogP contribution is 2.22. The van der Waals surface area contributed by atoms with Gasteiger partial charge in [-0.3, -0.25) is 9.48 Å². The number of nitrogens with zero attached hydrogens (tertiary/aromatic N) is 2. The molecule has 106 valence electrons. The van der Waals surface area contributed by atoms with E-state index < -0.39 is 23.3 Å². The van der Waals surface area contributed by atoms with Crippen LogP contribution in [0.3, 0.4) is 0 Å². The van der Waals surface area contributed by atoms with Crippen LogP contribution >= 0.6 is 11.6 Å². The standard InChI is InChI=1S/C12H7ClF4N2O/c13-9-3-1-2-7(10(9)14)5-19-6-8(4-18-19)11(20)12(15,16)17/h1-4,6H,5H2. The van der Waals surface area contributed by atoms with E-state index in [0.717, 1.165) is 17.1 Å². The lowest BCUT2D eigenvalue weighted by Crippen LogP contribution is -2.22. The van der Waals surface area contributed by atoms with Crippen molar-refractivity contribution in [3.63, 3.8) is 0 Å². The summed E-state index contributed by atoms with van der Waals surface area (Å²) in [4.78, 5) is 11.0. The highest BCUT2D eigenvalue weighted by molar-refractivity contribution is 6.30. The third kappa shape index (κ3) is 2.98. The van der Waals surface area contributed by atoms with Crippen molar-refractivity contribution in [2.45, 2.75) is 12.7 Å². The van der Waals surface area contributed by atoms with E-state index in [0.29, 0.717) is 0 Å². The van der Waals surface area contributed by atoms with Crippen LogP contribution in [0.1, 0.15) is 15.9 Å². The average Bonchev–Trinajstić information content (AvgIpc) is 2.81. The predicted octanol–water partition coefficient (Wildman–Crippen LogP) is 3.47. The molecule has 20 heavy (non-hydrogen) atoms. The number of carbonyl (C=O) groups excluding carboxylic acids is 1. The van der Waals surface area contributed by atoms with Crippen LogP contribution < -0.4 is 0 Å². The minimum atomic E-state index is -4.96. The molecule has 0 aliphatic carbocycles. The monoisotopic (exact) mass is 306 g/mol. The Balaban J connectivity index is 2.22. The molecule has 0 fully saturated rings. The largest absolute Gasteiger partial charge is 0.454 e. The number of alkyl halides is 3. The van der Waals surface area contributed by atoms with Crippen molar-refractivity contribution in [3.8, 4) is 0 Å². The third-order valence-electron chi connectivity index (χ3n) is 2.52. The lowest BCUT2D eigenvalue weighted by atomic mass is 10.2. The van der Waals surface area contributed by atoms with E-state index in [-0.39, 0.29) is 17.1 Å². The number of carbonyl (C=O) groups is 1. The zero-order valence-corrected chi connectivity index (χ0v) is 10.5. The lowest BCUT2D eigenvalue weighted by molar-refractivity contribution is -0.0885. The second kappa shape index (κ2) is 5.24. The van der Waals surface area contributed by atoms with Crippen molar-refractivity contribution in [1.29, 1.82) is 0 Å². The number of hydrogen-bond acceptors (Lipinski definition) is 2. The predicted molar refractivity (Wildman–Crippen MR) is 63.1 cm³/mol. The van der Waals surface area contributed by atoms with Gasteiger partial charge in [0, 0.05) is 11.8 Å². The van der Waals surface area contributed by atoms with Crippen LogP contribution in [0.2, 0.25) is 5.02 Å². The summed E-state index contributed by atoms with van der Waals surface area (Å²) in [5.74, 6) is -2.66. The third-order valence-corrected chi connectivity index (χ3v) is 2.81. The fourth-order valence-corrected chi connectivity index (χ4v) is 1.77. The first-order valence-corrected chi connectivity index (χ1v) is 5.73. The van der Waals surface area contributed by atoms with Gasteiger partial charge in [-0.25, -0.2) is 4.39 Å². The van der Waals surface area contributed by atoms with Gasteiger partial charge in [0.15, 0.2) is 0 Å². The highest BCUT2D eigenvalue weighted by Gasteiger charge is 2.39. The number of hydrogen-bond donors (Lipinski definition) is 0. The first-order valence-electron chi connectivity index (χ1n) is 5.36. The molecule has 1 heterocycles. The summed E-state index contributed by atoms with van der Waals surface area (Å²) >= 11 is 5.59. The Morgan fingerprint density at radius 1 is 1.35 bits per heavy atom. The number of halogens is 5. The summed E-state index contributed by atoms with van der Waals surface area (Å²) in [7, 11) is 0. The molecule has 0 N–H and O–H groups in total. The summed E-state index contributed by atoms with van der Waals surface area (Å²) in [5.41, 5.74) is -0.438. The van der Waals surface area contributed by atoms with Crippen molar-refractivity contribution in [3.05, 3.63) is 52.6 Å². The molecule has 0 aliphatic rings. The molecule has 1 aromatic carbocycles. The summed E-state index contributed by atoms with van der Waals surface area (Å²) in [6.07, 6.45) is -3.26. The van der Waals surface area contributed by atoms with Crippen molar-refractivity contribution in [1.82, 2.24) is 9.78 Å². The summed E-state index contributed by atoms with van der Waals surface area (Å²) < 4.78 is 51.3. The molecule has 0 spiro atoms. The van der Waals surface area contributed by atoms with E-state index in [1.807, 2.05) is 0 Å². The Morgan fingerprint density at radius 3 is 2.70 bits per heavy atom. The molecule has 2 rings (SSSR count). The van der Waals surface area contributed by atoms with E-state index in [1.54, 1.807) is 0 Å². The van der Waals surface area contributed by atoms with Crippen LogP contribution in [0.5, 0.6) is 0 Å². The molecule has 0 atom stereocenters. The molecule has 0 radical (unpaired) electrons. The quantitative estimate of drug-likeness (QED) is 0.643. The van der Waals surface area contributed by atoms with Gasteiger partial charge >= 0.3 is 6.18 Å². The van der Waals surface area contributed by atoms with Crippen molar-refractivity contribution in [2.24, 2.45) is 0 Å². The maximum Gasteiger partial charge on any atom is 0.454 e. The van der Waals surface area contributed by atoms with E-state index >= 15 is 0 Å². The fourth-order valence-electron chi connectivity index (χ4n) is 1.58. The van der Waals surface area contributed by atoms with Gasteiger partial charge in [0.05, 0.1) is 23.3 Å². The van der Waals surface area contributed by atoms with Crippen LogP contribution in [0.15, 0.2) is 30.6 Å². The molecule has 0 unspecified atom stereocenters. The molecular formula is C12H7ClF4N2O. The second-order valence-corrected chi connectivity index (χ2v) is 4.37.